The summed E-state index contributed by atoms with van der Waals surface area (Å²) in [7, 11) is 0. The Morgan fingerprint density at radius 2 is 2.12 bits per heavy atom. The summed E-state index contributed by atoms with van der Waals surface area (Å²) in [5.41, 5.74) is 6.79. The van der Waals surface area contributed by atoms with Gasteiger partial charge in [0.15, 0.2) is 5.78 Å². The van der Waals surface area contributed by atoms with E-state index in [0.717, 1.165) is 19.3 Å². The Labute approximate surface area is 96.6 Å². The van der Waals surface area contributed by atoms with Gasteiger partial charge in [-0.15, -0.1) is 0 Å². The Kier molecular flexibility index (Phi) is 4.83. The quantitative estimate of drug-likeness (QED) is 0.456. The van der Waals surface area contributed by atoms with E-state index in [2.05, 4.69) is 6.92 Å². The molecule has 2 N–H and O–H groups in total. The second kappa shape index (κ2) is 6.16. The first-order valence-corrected chi connectivity index (χ1v) is 5.68. The average molecular weight is 221 g/mol. The molecule has 0 heterocycles. The van der Waals surface area contributed by atoms with Gasteiger partial charge in [-0.3, -0.25) is 4.79 Å². The third-order valence-electron chi connectivity index (χ3n) is 2.39. The van der Waals surface area contributed by atoms with Crippen molar-refractivity contribution in [2.24, 2.45) is 0 Å². The molecule has 0 spiro atoms. The zero-order valence-electron chi connectivity index (χ0n) is 9.95. The van der Waals surface area contributed by atoms with Crippen molar-refractivity contribution in [2.45, 2.75) is 33.1 Å². The third kappa shape index (κ3) is 3.57. The topological polar surface area (TPSA) is 52.3 Å². The fourth-order valence-electron chi connectivity index (χ4n) is 1.48. The highest BCUT2D eigenvalue weighted by molar-refractivity contribution is 5.97. The van der Waals surface area contributed by atoms with Gasteiger partial charge in [-0.25, -0.2) is 0 Å². The van der Waals surface area contributed by atoms with Gasteiger partial charge in [-0.1, -0.05) is 19.8 Å². The van der Waals surface area contributed by atoms with Crippen molar-refractivity contribution in [1.29, 1.82) is 0 Å². The first kappa shape index (κ1) is 12.6. The lowest BCUT2D eigenvalue weighted by atomic mass is 10.1. The molecule has 0 aromatic heterocycles. The van der Waals surface area contributed by atoms with Crippen LogP contribution in [0.2, 0.25) is 0 Å². The Balaban J connectivity index is 2.67. The van der Waals surface area contributed by atoms with Crippen molar-refractivity contribution in [3.63, 3.8) is 0 Å². The molecule has 0 atom stereocenters. The molecule has 1 aromatic carbocycles. The smallest absolute Gasteiger partial charge is 0.163 e. The normalized spacial score (nSPS) is 10.1. The maximum absolute atomic E-state index is 11.4. The van der Waals surface area contributed by atoms with Gasteiger partial charge in [-0.05, 0) is 31.5 Å². The van der Waals surface area contributed by atoms with Crippen molar-refractivity contribution in [2.75, 3.05) is 12.3 Å². The predicted octanol–water partition coefficient (Wildman–Crippen LogP) is 3.04. The van der Waals surface area contributed by atoms with Gasteiger partial charge < -0.3 is 10.5 Å². The van der Waals surface area contributed by atoms with Gasteiger partial charge in [-0.2, -0.15) is 0 Å². The number of rotatable bonds is 6. The van der Waals surface area contributed by atoms with Crippen molar-refractivity contribution in [3.05, 3.63) is 23.8 Å². The van der Waals surface area contributed by atoms with E-state index >= 15 is 0 Å². The van der Waals surface area contributed by atoms with Crippen LogP contribution < -0.4 is 10.5 Å². The number of hydrogen-bond donors (Lipinski definition) is 1. The van der Waals surface area contributed by atoms with E-state index in [1.807, 2.05) is 0 Å². The second-order valence-corrected chi connectivity index (χ2v) is 3.87. The SMILES string of the molecule is CCCCCOc1ccc(N)cc1C(C)=O. The lowest BCUT2D eigenvalue weighted by Gasteiger charge is -2.10. The zero-order valence-corrected chi connectivity index (χ0v) is 9.95. The molecule has 0 amide bonds. The highest BCUT2D eigenvalue weighted by Gasteiger charge is 2.08. The highest BCUT2D eigenvalue weighted by Crippen LogP contribution is 2.22. The number of Topliss-reactive ketones (excluding diaryl/α,β-unsaturated/α-hetero) is 1. The summed E-state index contributed by atoms with van der Waals surface area (Å²) < 4.78 is 5.58. The first-order valence-electron chi connectivity index (χ1n) is 5.68. The summed E-state index contributed by atoms with van der Waals surface area (Å²) in [5, 5.41) is 0. The molecule has 0 unspecified atom stereocenters. The van der Waals surface area contributed by atoms with E-state index in [4.69, 9.17) is 10.5 Å². The number of carbonyl (C=O) groups excluding carboxylic acids is 1. The molecule has 0 fully saturated rings. The largest absolute Gasteiger partial charge is 0.493 e. The number of anilines is 1. The van der Waals surface area contributed by atoms with Crippen LogP contribution in [0, 0.1) is 0 Å². The first-order chi connectivity index (χ1) is 7.65. The predicted molar refractivity (Wildman–Crippen MR) is 65.9 cm³/mol. The van der Waals surface area contributed by atoms with E-state index in [1.165, 1.54) is 6.92 Å². The molecular formula is C13H19NO2. The van der Waals surface area contributed by atoms with E-state index in [9.17, 15) is 4.79 Å². The molecule has 3 nitrogen and oxygen atoms in total. The summed E-state index contributed by atoms with van der Waals surface area (Å²) in [5.74, 6) is 0.621. The van der Waals surface area contributed by atoms with Crippen molar-refractivity contribution >= 4 is 11.5 Å². The Hall–Kier alpha value is -1.51. The number of nitrogen functional groups attached to an aromatic ring is 1. The monoisotopic (exact) mass is 221 g/mol. The van der Waals surface area contributed by atoms with Gasteiger partial charge in [0.1, 0.15) is 5.75 Å². The highest BCUT2D eigenvalue weighted by atomic mass is 16.5. The van der Waals surface area contributed by atoms with Crippen molar-refractivity contribution in [3.8, 4) is 5.75 Å². The Morgan fingerprint density at radius 3 is 2.75 bits per heavy atom. The third-order valence-corrected chi connectivity index (χ3v) is 2.39. The minimum Gasteiger partial charge on any atom is -0.493 e. The summed E-state index contributed by atoms with van der Waals surface area (Å²) in [6.45, 7) is 4.32. The van der Waals surface area contributed by atoms with Crippen LogP contribution in [-0.4, -0.2) is 12.4 Å². The summed E-state index contributed by atoms with van der Waals surface area (Å²) >= 11 is 0. The lowest BCUT2D eigenvalue weighted by molar-refractivity contribution is 0.101. The van der Waals surface area contributed by atoms with Gasteiger partial charge in [0.25, 0.3) is 0 Å². The van der Waals surface area contributed by atoms with Gasteiger partial charge in [0.05, 0.1) is 12.2 Å². The van der Waals surface area contributed by atoms with E-state index in [0.29, 0.717) is 23.6 Å². The van der Waals surface area contributed by atoms with Crippen LogP contribution in [0.15, 0.2) is 18.2 Å². The molecule has 1 rings (SSSR count). The number of ether oxygens (including phenoxy) is 1. The molecular weight excluding hydrogens is 202 g/mol. The molecule has 0 aliphatic heterocycles. The Bertz CT molecular complexity index is 361. The maximum Gasteiger partial charge on any atom is 0.163 e. The number of nitrogens with two attached hydrogens (primary N) is 1. The van der Waals surface area contributed by atoms with Crippen LogP contribution in [0.1, 0.15) is 43.5 Å². The van der Waals surface area contributed by atoms with Crippen LogP contribution in [0.3, 0.4) is 0 Å². The van der Waals surface area contributed by atoms with Gasteiger partial charge >= 0.3 is 0 Å². The number of unbranched alkanes of at least 4 members (excludes halogenated alkanes) is 2. The van der Waals surface area contributed by atoms with E-state index in [1.54, 1.807) is 18.2 Å². The molecule has 16 heavy (non-hydrogen) atoms. The maximum atomic E-state index is 11.4. The lowest BCUT2D eigenvalue weighted by Crippen LogP contribution is -2.03. The van der Waals surface area contributed by atoms with Crippen LogP contribution in [0.5, 0.6) is 5.75 Å². The molecule has 88 valence electrons. The Morgan fingerprint density at radius 1 is 1.38 bits per heavy atom. The molecule has 3 heteroatoms. The summed E-state index contributed by atoms with van der Waals surface area (Å²) in [4.78, 5) is 11.4. The summed E-state index contributed by atoms with van der Waals surface area (Å²) in [6.07, 6.45) is 3.31. The van der Waals surface area contributed by atoms with Crippen LogP contribution in [0.4, 0.5) is 5.69 Å². The fourth-order valence-corrected chi connectivity index (χ4v) is 1.48. The van der Waals surface area contributed by atoms with Crippen LogP contribution >= 0.6 is 0 Å². The minimum atomic E-state index is -0.0159. The number of carbonyl (C=O) groups is 1. The van der Waals surface area contributed by atoms with Crippen LogP contribution in [0.25, 0.3) is 0 Å². The second-order valence-electron chi connectivity index (χ2n) is 3.87. The molecule has 0 saturated heterocycles. The molecule has 1 aromatic rings. The molecule has 0 bridgehead atoms. The standard InChI is InChI=1S/C13H19NO2/c1-3-4-5-8-16-13-7-6-11(14)9-12(13)10(2)15/h6-7,9H,3-5,8,14H2,1-2H3. The summed E-state index contributed by atoms with van der Waals surface area (Å²) in [6, 6.07) is 5.18. The number of ketones is 1. The van der Waals surface area contributed by atoms with Gasteiger partial charge in [0.2, 0.25) is 0 Å². The zero-order chi connectivity index (χ0) is 12.0. The van der Waals surface area contributed by atoms with E-state index in [-0.39, 0.29) is 5.78 Å². The minimum absolute atomic E-state index is 0.0159. The average Bonchev–Trinajstić information content (AvgIpc) is 2.26. The van der Waals surface area contributed by atoms with Crippen LogP contribution in [-0.2, 0) is 0 Å². The van der Waals surface area contributed by atoms with Gasteiger partial charge in [0, 0.05) is 5.69 Å². The van der Waals surface area contributed by atoms with Crippen molar-refractivity contribution < 1.29 is 9.53 Å². The number of benzene rings is 1. The fraction of sp³-hybridized carbons (Fsp3) is 0.462. The van der Waals surface area contributed by atoms with Crippen molar-refractivity contribution in [1.82, 2.24) is 0 Å². The molecule has 0 saturated carbocycles. The molecule has 0 radical (unpaired) electrons. The van der Waals surface area contributed by atoms with E-state index < -0.39 is 0 Å². The number of hydrogen-bond acceptors (Lipinski definition) is 3. The molecule has 0 aliphatic carbocycles. The molecule has 0 aliphatic rings.